The SMILES string of the molecule is Cc1nn(C)c(C)c1S(=O)(=O)Nc1cccc(S(=O)(=O)N2CCCC2)c1. The van der Waals surface area contributed by atoms with E-state index in [4.69, 9.17) is 0 Å². The first-order valence-corrected chi connectivity index (χ1v) is 11.2. The van der Waals surface area contributed by atoms with Crippen LogP contribution in [0.5, 0.6) is 0 Å². The largest absolute Gasteiger partial charge is 0.279 e. The van der Waals surface area contributed by atoms with E-state index in [1.165, 1.54) is 33.3 Å². The molecule has 0 amide bonds. The van der Waals surface area contributed by atoms with Gasteiger partial charge in [-0.05, 0) is 44.9 Å². The Labute approximate surface area is 153 Å². The van der Waals surface area contributed by atoms with Crippen LogP contribution in [0.1, 0.15) is 24.2 Å². The number of benzene rings is 1. The molecule has 1 aromatic heterocycles. The van der Waals surface area contributed by atoms with Gasteiger partial charge in [0.25, 0.3) is 10.0 Å². The van der Waals surface area contributed by atoms with Crippen LogP contribution in [-0.2, 0) is 27.1 Å². The molecule has 0 unspecified atom stereocenters. The highest BCUT2D eigenvalue weighted by Crippen LogP contribution is 2.26. The Morgan fingerprint density at radius 3 is 2.31 bits per heavy atom. The molecule has 1 aliphatic rings. The summed E-state index contributed by atoms with van der Waals surface area (Å²) in [5.41, 5.74) is 1.10. The van der Waals surface area contributed by atoms with E-state index in [0.717, 1.165) is 12.8 Å². The molecule has 1 N–H and O–H groups in total. The van der Waals surface area contributed by atoms with Crippen LogP contribution in [0.2, 0.25) is 0 Å². The van der Waals surface area contributed by atoms with Gasteiger partial charge in [-0.2, -0.15) is 9.40 Å². The molecule has 2 aromatic rings. The van der Waals surface area contributed by atoms with Gasteiger partial charge >= 0.3 is 0 Å². The fraction of sp³-hybridized carbons (Fsp3) is 0.438. The average Bonchev–Trinajstić information content (AvgIpc) is 3.17. The highest BCUT2D eigenvalue weighted by atomic mass is 32.2. The van der Waals surface area contributed by atoms with Gasteiger partial charge in [0.05, 0.1) is 22.0 Å². The lowest BCUT2D eigenvalue weighted by atomic mass is 10.3. The van der Waals surface area contributed by atoms with Crippen LogP contribution < -0.4 is 4.72 Å². The summed E-state index contributed by atoms with van der Waals surface area (Å²) in [5, 5.41) is 4.12. The second-order valence-corrected chi connectivity index (χ2v) is 9.93. The zero-order valence-corrected chi connectivity index (χ0v) is 16.6. The van der Waals surface area contributed by atoms with Gasteiger partial charge in [0.2, 0.25) is 10.0 Å². The number of rotatable bonds is 5. The maximum absolute atomic E-state index is 12.7. The monoisotopic (exact) mass is 398 g/mol. The Bertz CT molecular complexity index is 1040. The molecule has 1 aromatic carbocycles. The van der Waals surface area contributed by atoms with Crippen LogP contribution in [0.25, 0.3) is 0 Å². The van der Waals surface area contributed by atoms with Gasteiger partial charge in [-0.25, -0.2) is 16.8 Å². The van der Waals surface area contributed by atoms with Crippen molar-refractivity contribution in [2.75, 3.05) is 17.8 Å². The third-order valence-corrected chi connectivity index (χ3v) is 8.03. The average molecular weight is 399 g/mol. The smallest absolute Gasteiger partial charge is 0.265 e. The molecule has 0 atom stereocenters. The molecule has 0 saturated carbocycles. The summed E-state index contributed by atoms with van der Waals surface area (Å²) in [5.74, 6) is 0. The summed E-state index contributed by atoms with van der Waals surface area (Å²) in [6.45, 7) is 4.28. The summed E-state index contributed by atoms with van der Waals surface area (Å²) in [4.78, 5) is 0.187. The van der Waals surface area contributed by atoms with E-state index in [1.54, 1.807) is 20.9 Å². The predicted octanol–water partition coefficient (Wildman–Crippen LogP) is 1.62. The van der Waals surface area contributed by atoms with Gasteiger partial charge in [-0.15, -0.1) is 0 Å². The first-order chi connectivity index (χ1) is 12.1. The maximum Gasteiger partial charge on any atom is 0.265 e. The van der Waals surface area contributed by atoms with E-state index in [2.05, 4.69) is 9.82 Å². The van der Waals surface area contributed by atoms with Gasteiger partial charge in [0.15, 0.2) is 0 Å². The van der Waals surface area contributed by atoms with Crippen molar-refractivity contribution in [2.45, 2.75) is 36.5 Å². The Morgan fingerprint density at radius 1 is 1.08 bits per heavy atom. The number of anilines is 1. The topological polar surface area (TPSA) is 101 Å². The van der Waals surface area contributed by atoms with E-state index >= 15 is 0 Å². The molecule has 0 aliphatic carbocycles. The summed E-state index contributed by atoms with van der Waals surface area (Å²) in [6.07, 6.45) is 1.68. The number of nitrogens with zero attached hydrogens (tertiary/aromatic N) is 3. The summed E-state index contributed by atoms with van der Waals surface area (Å²) >= 11 is 0. The molecule has 0 radical (unpaired) electrons. The van der Waals surface area contributed by atoms with Gasteiger partial charge in [-0.1, -0.05) is 6.07 Å². The van der Waals surface area contributed by atoms with E-state index in [0.29, 0.717) is 24.5 Å². The van der Waals surface area contributed by atoms with E-state index in [-0.39, 0.29) is 15.5 Å². The molecular formula is C16H22N4O4S2. The lowest BCUT2D eigenvalue weighted by Gasteiger charge is -2.16. The van der Waals surface area contributed by atoms with Crippen molar-refractivity contribution < 1.29 is 16.8 Å². The second kappa shape index (κ2) is 6.67. The molecule has 142 valence electrons. The van der Waals surface area contributed by atoms with E-state index in [1.807, 2.05) is 0 Å². The number of hydrogen-bond donors (Lipinski definition) is 1. The molecule has 8 nitrogen and oxygen atoms in total. The predicted molar refractivity (Wildman–Crippen MR) is 97.9 cm³/mol. The Morgan fingerprint density at radius 2 is 1.73 bits per heavy atom. The van der Waals surface area contributed by atoms with Gasteiger partial charge in [-0.3, -0.25) is 9.40 Å². The molecule has 3 rings (SSSR count). The zero-order valence-electron chi connectivity index (χ0n) is 14.9. The molecule has 2 heterocycles. The Balaban J connectivity index is 1.94. The minimum Gasteiger partial charge on any atom is -0.279 e. The normalized spacial score (nSPS) is 16.1. The molecule has 0 spiro atoms. The fourth-order valence-electron chi connectivity index (χ4n) is 3.15. The lowest BCUT2D eigenvalue weighted by molar-refractivity contribution is 0.477. The molecule has 1 saturated heterocycles. The van der Waals surface area contributed by atoms with Crippen molar-refractivity contribution in [3.05, 3.63) is 35.7 Å². The summed E-state index contributed by atoms with van der Waals surface area (Å²) in [7, 11) is -5.82. The molecule has 26 heavy (non-hydrogen) atoms. The van der Waals surface area contributed by atoms with Gasteiger partial charge in [0, 0.05) is 20.1 Å². The van der Waals surface area contributed by atoms with Crippen molar-refractivity contribution in [1.29, 1.82) is 0 Å². The number of nitrogens with one attached hydrogen (secondary N) is 1. The summed E-state index contributed by atoms with van der Waals surface area (Å²) in [6, 6.07) is 5.89. The van der Waals surface area contributed by atoms with Crippen molar-refractivity contribution >= 4 is 25.7 Å². The molecule has 1 fully saturated rings. The van der Waals surface area contributed by atoms with Crippen molar-refractivity contribution in [1.82, 2.24) is 14.1 Å². The van der Waals surface area contributed by atoms with E-state index in [9.17, 15) is 16.8 Å². The second-order valence-electron chi connectivity index (χ2n) is 6.37. The minimum atomic E-state index is -3.88. The van der Waals surface area contributed by atoms with Crippen LogP contribution in [-0.4, -0.2) is 44.0 Å². The molecule has 10 heteroatoms. The third-order valence-electron chi connectivity index (χ3n) is 4.50. The van der Waals surface area contributed by atoms with Crippen LogP contribution in [0.3, 0.4) is 0 Å². The fourth-order valence-corrected chi connectivity index (χ4v) is 6.20. The number of hydrogen-bond acceptors (Lipinski definition) is 5. The third kappa shape index (κ3) is 3.36. The van der Waals surface area contributed by atoms with Crippen molar-refractivity contribution in [3.63, 3.8) is 0 Å². The Hall–Kier alpha value is -1.91. The van der Waals surface area contributed by atoms with Gasteiger partial charge < -0.3 is 0 Å². The standard InChI is InChI=1S/C16H22N4O4S2/c1-12-16(13(2)19(3)17-12)25(21,22)18-14-7-6-8-15(11-14)26(23,24)20-9-4-5-10-20/h6-8,11,18H,4-5,9-10H2,1-3H3. The first-order valence-electron chi connectivity index (χ1n) is 8.26. The molecular weight excluding hydrogens is 376 g/mol. The maximum atomic E-state index is 12.7. The quantitative estimate of drug-likeness (QED) is 0.825. The van der Waals surface area contributed by atoms with E-state index < -0.39 is 20.0 Å². The lowest BCUT2D eigenvalue weighted by Crippen LogP contribution is -2.28. The number of aromatic nitrogens is 2. The van der Waals surface area contributed by atoms with Crippen LogP contribution >= 0.6 is 0 Å². The van der Waals surface area contributed by atoms with Crippen LogP contribution in [0.4, 0.5) is 5.69 Å². The highest BCUT2D eigenvalue weighted by molar-refractivity contribution is 7.92. The molecule has 1 aliphatic heterocycles. The highest BCUT2D eigenvalue weighted by Gasteiger charge is 2.28. The zero-order chi connectivity index (χ0) is 19.1. The number of aryl methyl sites for hydroxylation is 2. The Kier molecular flexibility index (Phi) is 4.84. The first kappa shape index (κ1) is 18.9. The van der Waals surface area contributed by atoms with Crippen LogP contribution in [0, 0.1) is 13.8 Å². The number of sulfonamides is 2. The molecule has 0 bridgehead atoms. The van der Waals surface area contributed by atoms with Crippen molar-refractivity contribution in [3.8, 4) is 0 Å². The summed E-state index contributed by atoms with van der Waals surface area (Å²) < 4.78 is 56.2. The minimum absolute atomic E-state index is 0.0826. The van der Waals surface area contributed by atoms with Crippen LogP contribution in [0.15, 0.2) is 34.1 Å². The van der Waals surface area contributed by atoms with Gasteiger partial charge in [0.1, 0.15) is 4.90 Å². The van der Waals surface area contributed by atoms with Crippen molar-refractivity contribution in [2.24, 2.45) is 7.05 Å².